The lowest BCUT2D eigenvalue weighted by atomic mass is 9.89. The molecule has 0 spiro atoms. The molecular weight excluding hydrogens is 344 g/mol. The van der Waals surface area contributed by atoms with Gasteiger partial charge >= 0.3 is 0 Å². The molecule has 3 nitrogen and oxygen atoms in total. The minimum Gasteiger partial charge on any atom is -0.493 e. The summed E-state index contributed by atoms with van der Waals surface area (Å²) in [5.74, 6) is 1.85. The predicted molar refractivity (Wildman–Crippen MR) is 92.2 cm³/mol. The number of rotatable bonds is 5. The Balaban J connectivity index is 2.60. The molecule has 2 aromatic rings. The van der Waals surface area contributed by atoms with E-state index in [0.717, 1.165) is 21.2 Å². The Morgan fingerprint density at radius 2 is 1.55 bits per heavy atom. The zero-order valence-corrected chi connectivity index (χ0v) is 14.9. The van der Waals surface area contributed by atoms with Gasteiger partial charge < -0.3 is 14.2 Å². The summed E-state index contributed by atoms with van der Waals surface area (Å²) in [5.41, 5.74) is 3.16. The Morgan fingerprint density at radius 1 is 0.955 bits per heavy atom. The summed E-state index contributed by atoms with van der Waals surface area (Å²) in [4.78, 5) is 0. The fourth-order valence-electron chi connectivity index (χ4n) is 2.60. The molecule has 0 fully saturated rings. The van der Waals surface area contributed by atoms with E-state index in [1.54, 1.807) is 21.3 Å². The number of hydrogen-bond acceptors (Lipinski definition) is 3. The van der Waals surface area contributed by atoms with Crippen molar-refractivity contribution in [2.45, 2.75) is 12.8 Å². The molecule has 0 aliphatic rings. The molecule has 0 aliphatic carbocycles. The fraction of sp³-hybridized carbons (Fsp3) is 0.278. The van der Waals surface area contributed by atoms with E-state index in [1.807, 2.05) is 25.1 Å². The Bertz CT molecular complexity index is 650. The average Bonchev–Trinajstić information content (AvgIpc) is 2.53. The van der Waals surface area contributed by atoms with Crippen molar-refractivity contribution in [3.63, 3.8) is 0 Å². The van der Waals surface area contributed by atoms with Gasteiger partial charge in [0.15, 0.2) is 11.5 Å². The molecule has 1 radical (unpaired) electrons. The third kappa shape index (κ3) is 3.07. The van der Waals surface area contributed by atoms with Gasteiger partial charge in [-0.2, -0.15) is 0 Å². The van der Waals surface area contributed by atoms with Crippen LogP contribution >= 0.6 is 15.9 Å². The van der Waals surface area contributed by atoms with Gasteiger partial charge in [0.1, 0.15) is 0 Å². The first-order chi connectivity index (χ1) is 10.5. The molecule has 2 aromatic carbocycles. The van der Waals surface area contributed by atoms with Gasteiger partial charge in [0.05, 0.1) is 21.3 Å². The Labute approximate surface area is 140 Å². The Kier molecular flexibility index (Phi) is 5.35. The summed E-state index contributed by atoms with van der Waals surface area (Å²) in [6, 6.07) is 10.1. The first-order valence-corrected chi connectivity index (χ1v) is 7.70. The molecule has 117 valence electrons. The number of methoxy groups -OCH3 is 3. The van der Waals surface area contributed by atoms with Crippen LogP contribution in [0.1, 0.15) is 22.6 Å². The maximum atomic E-state index is 5.60. The smallest absolute Gasteiger partial charge is 0.203 e. The van der Waals surface area contributed by atoms with Crippen molar-refractivity contribution in [1.82, 2.24) is 0 Å². The minimum atomic E-state index is -0.0668. The lowest BCUT2D eigenvalue weighted by Gasteiger charge is -2.22. The third-order valence-electron chi connectivity index (χ3n) is 3.70. The molecule has 0 aliphatic heterocycles. The van der Waals surface area contributed by atoms with Crippen LogP contribution in [0.3, 0.4) is 0 Å². The predicted octanol–water partition coefficient (Wildman–Crippen LogP) is 4.75. The first kappa shape index (κ1) is 16.7. The topological polar surface area (TPSA) is 27.7 Å². The quantitative estimate of drug-likeness (QED) is 0.766. The molecule has 4 heteroatoms. The summed E-state index contributed by atoms with van der Waals surface area (Å²) in [6.45, 7) is 6.34. The normalized spacial score (nSPS) is 11.9. The van der Waals surface area contributed by atoms with E-state index in [-0.39, 0.29) is 5.92 Å². The van der Waals surface area contributed by atoms with Crippen LogP contribution in [0.2, 0.25) is 0 Å². The van der Waals surface area contributed by atoms with Gasteiger partial charge in [-0.15, -0.1) is 0 Å². The number of halogens is 1. The van der Waals surface area contributed by atoms with Gasteiger partial charge in [0.25, 0.3) is 0 Å². The summed E-state index contributed by atoms with van der Waals surface area (Å²) in [5, 5.41) is 0. The number of aryl methyl sites for hydroxylation is 1. The number of ether oxygens (including phenoxy) is 3. The molecule has 0 bridgehead atoms. The summed E-state index contributed by atoms with van der Waals surface area (Å²) < 4.78 is 17.5. The van der Waals surface area contributed by atoms with Crippen LogP contribution in [0.4, 0.5) is 0 Å². The van der Waals surface area contributed by atoms with E-state index in [1.165, 1.54) is 0 Å². The van der Waals surface area contributed by atoms with E-state index in [4.69, 9.17) is 14.2 Å². The molecule has 1 unspecified atom stereocenters. The molecule has 0 saturated carbocycles. The second kappa shape index (κ2) is 7.05. The second-order valence-corrected chi connectivity index (χ2v) is 5.90. The van der Waals surface area contributed by atoms with Crippen molar-refractivity contribution in [2.24, 2.45) is 0 Å². The van der Waals surface area contributed by atoms with Gasteiger partial charge in [0, 0.05) is 16.0 Å². The Morgan fingerprint density at radius 3 is 2.05 bits per heavy atom. The maximum absolute atomic E-state index is 5.60. The molecule has 0 N–H and O–H groups in total. The highest BCUT2D eigenvalue weighted by Gasteiger charge is 2.23. The van der Waals surface area contributed by atoms with Crippen LogP contribution in [-0.2, 0) is 0 Å². The van der Waals surface area contributed by atoms with E-state index in [2.05, 4.69) is 35.0 Å². The van der Waals surface area contributed by atoms with Gasteiger partial charge in [-0.3, -0.25) is 0 Å². The van der Waals surface area contributed by atoms with Gasteiger partial charge in [0.2, 0.25) is 5.75 Å². The molecule has 0 amide bonds. The maximum Gasteiger partial charge on any atom is 0.203 e. The molecule has 0 heterocycles. The SMILES string of the molecule is [CH2]C(c1ccc(Br)cc1)c1c(C)cc(OC)c(OC)c1OC. The largest absolute Gasteiger partial charge is 0.493 e. The van der Waals surface area contributed by atoms with E-state index >= 15 is 0 Å². The van der Waals surface area contributed by atoms with Crippen LogP contribution in [-0.4, -0.2) is 21.3 Å². The molecular formula is C18H20BrO3. The number of hydrogen-bond donors (Lipinski definition) is 0. The average molecular weight is 364 g/mol. The molecule has 1 atom stereocenters. The van der Waals surface area contributed by atoms with Crippen LogP contribution in [0.5, 0.6) is 17.2 Å². The van der Waals surface area contributed by atoms with Crippen molar-refractivity contribution in [3.8, 4) is 17.2 Å². The van der Waals surface area contributed by atoms with E-state index < -0.39 is 0 Å². The molecule has 0 saturated heterocycles. The van der Waals surface area contributed by atoms with Gasteiger partial charge in [-0.1, -0.05) is 28.1 Å². The van der Waals surface area contributed by atoms with Crippen LogP contribution < -0.4 is 14.2 Å². The fourth-order valence-corrected chi connectivity index (χ4v) is 2.86. The van der Waals surface area contributed by atoms with Crippen molar-refractivity contribution in [3.05, 3.63) is 58.4 Å². The van der Waals surface area contributed by atoms with Gasteiger partial charge in [-0.05, 0) is 43.2 Å². The highest BCUT2D eigenvalue weighted by molar-refractivity contribution is 9.10. The van der Waals surface area contributed by atoms with Crippen LogP contribution in [0.15, 0.2) is 34.8 Å². The third-order valence-corrected chi connectivity index (χ3v) is 4.22. The zero-order chi connectivity index (χ0) is 16.3. The number of benzene rings is 2. The standard InChI is InChI=1S/C18H20BrO3/c1-11-10-15(20-3)17(21-4)18(22-5)16(11)12(2)13-6-8-14(19)9-7-13/h6-10,12H,2H2,1,3-5H3. The second-order valence-electron chi connectivity index (χ2n) is 4.98. The van der Waals surface area contributed by atoms with Crippen molar-refractivity contribution in [2.75, 3.05) is 21.3 Å². The van der Waals surface area contributed by atoms with E-state index in [0.29, 0.717) is 17.2 Å². The van der Waals surface area contributed by atoms with Crippen molar-refractivity contribution >= 4 is 15.9 Å². The molecule has 2 rings (SSSR count). The monoisotopic (exact) mass is 363 g/mol. The summed E-state index contributed by atoms with van der Waals surface area (Å²) in [7, 11) is 4.86. The lowest BCUT2D eigenvalue weighted by molar-refractivity contribution is 0.321. The van der Waals surface area contributed by atoms with Crippen molar-refractivity contribution < 1.29 is 14.2 Å². The molecule has 22 heavy (non-hydrogen) atoms. The van der Waals surface area contributed by atoms with Crippen LogP contribution in [0.25, 0.3) is 0 Å². The van der Waals surface area contributed by atoms with E-state index in [9.17, 15) is 0 Å². The summed E-state index contributed by atoms with van der Waals surface area (Å²) >= 11 is 3.45. The lowest BCUT2D eigenvalue weighted by Crippen LogP contribution is -2.05. The van der Waals surface area contributed by atoms with Crippen molar-refractivity contribution in [1.29, 1.82) is 0 Å². The first-order valence-electron chi connectivity index (χ1n) is 6.91. The Hall–Kier alpha value is -1.68. The highest BCUT2D eigenvalue weighted by atomic mass is 79.9. The summed E-state index contributed by atoms with van der Waals surface area (Å²) in [6.07, 6.45) is 0. The molecule has 0 aromatic heterocycles. The van der Waals surface area contributed by atoms with Gasteiger partial charge in [-0.25, -0.2) is 0 Å². The minimum absolute atomic E-state index is 0.0668. The zero-order valence-electron chi connectivity index (χ0n) is 13.3. The van der Waals surface area contributed by atoms with Crippen LogP contribution in [0, 0.1) is 13.8 Å². The highest BCUT2D eigenvalue weighted by Crippen LogP contribution is 2.46.